The van der Waals surface area contributed by atoms with E-state index >= 15 is 0 Å². The van der Waals surface area contributed by atoms with Gasteiger partial charge in [0, 0.05) is 12.6 Å². The molecule has 1 heterocycles. The minimum atomic E-state index is -4.95. The number of nitrogens with zero attached hydrogens (tertiary/aromatic N) is 1. The van der Waals surface area contributed by atoms with E-state index in [4.69, 9.17) is 0 Å². The molecule has 1 aromatic rings. The van der Waals surface area contributed by atoms with Crippen molar-refractivity contribution in [3.8, 4) is 0 Å². The smallest absolute Gasteiger partial charge is 0.272 e. The summed E-state index contributed by atoms with van der Waals surface area (Å²) in [6.07, 6.45) is -4.95. The topological polar surface area (TPSA) is 32.3 Å². The summed E-state index contributed by atoms with van der Waals surface area (Å²) in [5, 5.41) is -0.172. The molecule has 1 amide bonds. The molecule has 0 saturated carbocycles. The van der Waals surface area contributed by atoms with Gasteiger partial charge in [0.25, 0.3) is 5.91 Å². The maximum atomic E-state index is 13.4. The molecule has 1 fully saturated rings. The van der Waals surface area contributed by atoms with Gasteiger partial charge in [0.2, 0.25) is 0 Å². The highest BCUT2D eigenvalue weighted by atomic mass is 19.4. The molecule has 0 aromatic heterocycles. The number of hydrogen-bond acceptors (Lipinski definition) is 2. The van der Waals surface area contributed by atoms with Gasteiger partial charge in [-0.3, -0.25) is 4.79 Å². The van der Waals surface area contributed by atoms with E-state index < -0.39 is 53.5 Å². The van der Waals surface area contributed by atoms with E-state index in [2.05, 4.69) is 0 Å². The van der Waals surface area contributed by atoms with Crippen molar-refractivity contribution < 1.29 is 35.5 Å². The zero-order chi connectivity index (χ0) is 15.2. The Morgan fingerprint density at radius 1 is 1.10 bits per heavy atom. The lowest BCUT2D eigenvalue weighted by Crippen LogP contribution is -2.38. The van der Waals surface area contributed by atoms with Gasteiger partial charge >= 0.3 is 6.18 Å². The fourth-order valence-corrected chi connectivity index (χ4v) is 1.71. The highest BCUT2D eigenvalue weighted by Crippen LogP contribution is 2.34. The van der Waals surface area contributed by atoms with Gasteiger partial charge in [-0.15, -0.1) is 0 Å². The molecule has 1 aliphatic heterocycles. The Hall–Kier alpha value is -1.84. The van der Waals surface area contributed by atoms with Crippen LogP contribution in [0.25, 0.3) is 0 Å². The van der Waals surface area contributed by atoms with E-state index in [9.17, 15) is 35.5 Å². The van der Waals surface area contributed by atoms with Crippen LogP contribution in [0.2, 0.25) is 0 Å². The maximum Gasteiger partial charge on any atom is 0.401 e. The Labute approximate surface area is 106 Å². The summed E-state index contributed by atoms with van der Waals surface area (Å²) < 4.78 is 90.0. The van der Waals surface area contributed by atoms with Gasteiger partial charge in [0.1, 0.15) is 11.6 Å². The number of anilines is 1. The van der Waals surface area contributed by atoms with Crippen LogP contribution in [0.15, 0.2) is 6.07 Å². The predicted octanol–water partition coefficient (Wildman–Crippen LogP) is 2.27. The van der Waals surface area contributed by atoms with Crippen LogP contribution < -0.4 is 10.4 Å². The number of halogens is 7. The Bertz CT molecular complexity index is 545. The number of benzene rings is 1. The standard InChI is InChI=1S/C10H5F7N2O/c11-4-1-5(12)7(14)8(6(4)13)19-9(20)3(2-18-19)10(15,16)17/h1,3,18H,2H2. The minimum Gasteiger partial charge on any atom is -0.272 e. The molecule has 1 unspecified atom stereocenters. The molecule has 20 heavy (non-hydrogen) atoms. The van der Waals surface area contributed by atoms with Crippen molar-refractivity contribution in [2.24, 2.45) is 5.92 Å². The first-order valence-corrected chi connectivity index (χ1v) is 5.11. The summed E-state index contributed by atoms with van der Waals surface area (Å²) in [7, 11) is 0. The van der Waals surface area contributed by atoms with Gasteiger partial charge in [-0.2, -0.15) is 13.2 Å². The highest BCUT2D eigenvalue weighted by Gasteiger charge is 2.51. The third kappa shape index (κ3) is 2.19. The number of carbonyl (C=O) groups is 1. The number of hydrogen-bond donors (Lipinski definition) is 1. The maximum absolute atomic E-state index is 13.4. The van der Waals surface area contributed by atoms with Gasteiger partial charge in [0.15, 0.2) is 23.3 Å². The van der Waals surface area contributed by atoms with Crippen molar-refractivity contribution in [2.45, 2.75) is 6.18 Å². The lowest BCUT2D eigenvalue weighted by Gasteiger charge is -2.18. The quantitative estimate of drug-likeness (QED) is 0.637. The van der Waals surface area contributed by atoms with Crippen LogP contribution in [0.5, 0.6) is 0 Å². The Kier molecular flexibility index (Phi) is 3.36. The van der Waals surface area contributed by atoms with E-state index in [1.54, 1.807) is 5.43 Å². The van der Waals surface area contributed by atoms with Crippen molar-refractivity contribution in [3.05, 3.63) is 29.3 Å². The normalized spacial score (nSPS) is 19.9. The number of amides is 1. The molecular weight excluding hydrogens is 297 g/mol. The van der Waals surface area contributed by atoms with Crippen molar-refractivity contribution >= 4 is 11.6 Å². The number of hydrazine groups is 1. The minimum absolute atomic E-state index is 0.115. The fraction of sp³-hybridized carbons (Fsp3) is 0.300. The Balaban J connectivity index is 2.47. The summed E-state index contributed by atoms with van der Waals surface area (Å²) in [5.74, 6) is -11.9. The van der Waals surface area contributed by atoms with Crippen LogP contribution in [0, 0.1) is 29.2 Å². The van der Waals surface area contributed by atoms with E-state index in [0.717, 1.165) is 0 Å². The van der Waals surface area contributed by atoms with E-state index in [-0.39, 0.29) is 11.1 Å². The molecule has 1 atom stereocenters. The average Bonchev–Trinajstić information content (AvgIpc) is 2.69. The molecule has 1 N–H and O–H groups in total. The number of rotatable bonds is 1. The summed E-state index contributed by atoms with van der Waals surface area (Å²) in [6, 6.07) is -0.115. The van der Waals surface area contributed by atoms with E-state index in [1.165, 1.54) is 0 Å². The third-order valence-electron chi connectivity index (χ3n) is 2.68. The number of alkyl halides is 3. The predicted molar refractivity (Wildman–Crippen MR) is 51.3 cm³/mol. The Morgan fingerprint density at radius 2 is 1.60 bits per heavy atom. The molecule has 2 rings (SSSR count). The summed E-state index contributed by atoms with van der Waals surface area (Å²) in [4.78, 5) is 11.4. The number of carbonyl (C=O) groups excluding carboxylic acids is 1. The molecular formula is C10H5F7N2O. The van der Waals surface area contributed by atoms with Crippen LogP contribution in [0.4, 0.5) is 36.4 Å². The van der Waals surface area contributed by atoms with Crippen molar-refractivity contribution in [1.29, 1.82) is 0 Å². The second kappa shape index (κ2) is 4.62. The molecule has 3 nitrogen and oxygen atoms in total. The fourth-order valence-electron chi connectivity index (χ4n) is 1.71. The molecule has 10 heteroatoms. The molecule has 110 valence electrons. The zero-order valence-corrected chi connectivity index (χ0v) is 9.36. The van der Waals surface area contributed by atoms with Crippen molar-refractivity contribution in [3.63, 3.8) is 0 Å². The molecule has 0 aliphatic carbocycles. The van der Waals surface area contributed by atoms with Crippen LogP contribution in [-0.2, 0) is 4.79 Å². The van der Waals surface area contributed by atoms with E-state index in [1.807, 2.05) is 0 Å². The van der Waals surface area contributed by atoms with Gasteiger partial charge < -0.3 is 0 Å². The van der Waals surface area contributed by atoms with Gasteiger partial charge in [0.05, 0.1) is 0 Å². The van der Waals surface area contributed by atoms with Crippen LogP contribution >= 0.6 is 0 Å². The van der Waals surface area contributed by atoms with Crippen molar-refractivity contribution in [2.75, 3.05) is 11.6 Å². The SMILES string of the molecule is O=C1C(C(F)(F)F)CNN1c1c(F)c(F)cc(F)c1F. The summed E-state index contributed by atoms with van der Waals surface area (Å²) >= 11 is 0. The molecule has 1 aromatic carbocycles. The lowest BCUT2D eigenvalue weighted by atomic mass is 10.1. The largest absolute Gasteiger partial charge is 0.401 e. The first-order chi connectivity index (χ1) is 9.14. The molecule has 1 saturated heterocycles. The van der Waals surface area contributed by atoms with Crippen LogP contribution in [-0.4, -0.2) is 18.6 Å². The average molecular weight is 302 g/mol. The van der Waals surface area contributed by atoms with Crippen LogP contribution in [0.1, 0.15) is 0 Å². The third-order valence-corrected chi connectivity index (χ3v) is 2.68. The summed E-state index contributed by atoms with van der Waals surface area (Å²) in [5.41, 5.74) is 0.223. The van der Waals surface area contributed by atoms with Gasteiger partial charge in [-0.1, -0.05) is 0 Å². The highest BCUT2D eigenvalue weighted by molar-refractivity contribution is 5.97. The Morgan fingerprint density at radius 3 is 2.00 bits per heavy atom. The first kappa shape index (κ1) is 14.6. The first-order valence-electron chi connectivity index (χ1n) is 5.11. The monoisotopic (exact) mass is 302 g/mol. The van der Waals surface area contributed by atoms with Gasteiger partial charge in [-0.25, -0.2) is 28.0 Å². The second-order valence-electron chi connectivity index (χ2n) is 3.95. The molecule has 0 radical (unpaired) electrons. The number of nitrogens with one attached hydrogen (secondary N) is 1. The summed E-state index contributed by atoms with van der Waals surface area (Å²) in [6.45, 7) is -0.987. The van der Waals surface area contributed by atoms with Crippen molar-refractivity contribution in [1.82, 2.24) is 5.43 Å². The van der Waals surface area contributed by atoms with Gasteiger partial charge in [-0.05, 0) is 0 Å². The molecule has 0 bridgehead atoms. The molecule has 1 aliphatic rings. The zero-order valence-electron chi connectivity index (χ0n) is 9.36. The lowest BCUT2D eigenvalue weighted by molar-refractivity contribution is -0.174. The van der Waals surface area contributed by atoms with Crippen LogP contribution in [0.3, 0.4) is 0 Å². The van der Waals surface area contributed by atoms with E-state index in [0.29, 0.717) is 0 Å². The molecule has 0 spiro atoms. The second-order valence-corrected chi connectivity index (χ2v) is 3.95.